The zero-order valence-corrected chi connectivity index (χ0v) is 11.2. The van der Waals surface area contributed by atoms with E-state index < -0.39 is 11.9 Å². The quantitative estimate of drug-likeness (QED) is 0.830. The monoisotopic (exact) mass is 278 g/mol. The second kappa shape index (κ2) is 5.63. The molecule has 1 aliphatic heterocycles. The highest BCUT2D eigenvalue weighted by Crippen LogP contribution is 2.22. The average Bonchev–Trinajstić information content (AvgIpc) is 2.55. The van der Waals surface area contributed by atoms with Crippen molar-refractivity contribution in [3.05, 3.63) is 71.8 Å². The van der Waals surface area contributed by atoms with Crippen LogP contribution in [0, 0.1) is 0 Å². The molecular formula is C17H14N2O2. The number of fused-ring (bicyclic) bond motifs is 1. The lowest BCUT2D eigenvalue weighted by Crippen LogP contribution is -2.42. The summed E-state index contributed by atoms with van der Waals surface area (Å²) < 4.78 is 0. The van der Waals surface area contributed by atoms with Crippen molar-refractivity contribution in [2.45, 2.75) is 6.04 Å². The van der Waals surface area contributed by atoms with Crippen molar-refractivity contribution < 1.29 is 9.59 Å². The van der Waals surface area contributed by atoms with E-state index in [-0.39, 0.29) is 5.91 Å². The molecular weight excluding hydrogens is 264 g/mol. The van der Waals surface area contributed by atoms with Crippen molar-refractivity contribution in [1.29, 1.82) is 0 Å². The fraction of sp³-hybridized carbons (Fsp3) is 0.0588. The maximum Gasteiger partial charge on any atom is 0.257 e. The molecule has 0 aromatic heterocycles. The fourth-order valence-electron chi connectivity index (χ4n) is 2.19. The van der Waals surface area contributed by atoms with Gasteiger partial charge in [-0.25, -0.2) is 0 Å². The molecule has 0 saturated heterocycles. The first-order valence-electron chi connectivity index (χ1n) is 6.68. The number of hydrogen-bond donors (Lipinski definition) is 2. The second-order valence-electron chi connectivity index (χ2n) is 4.75. The number of para-hydroxylation sites is 1. The Morgan fingerprint density at radius 1 is 0.952 bits per heavy atom. The Labute approximate surface area is 122 Å². The Morgan fingerprint density at radius 2 is 1.67 bits per heavy atom. The number of nitrogens with one attached hydrogen (secondary N) is 2. The molecule has 2 aromatic rings. The average molecular weight is 278 g/mol. The van der Waals surface area contributed by atoms with Crippen LogP contribution in [0.1, 0.15) is 15.9 Å². The predicted molar refractivity (Wildman–Crippen MR) is 81.8 cm³/mol. The van der Waals surface area contributed by atoms with Gasteiger partial charge in [0, 0.05) is 11.3 Å². The van der Waals surface area contributed by atoms with Gasteiger partial charge in [-0.2, -0.15) is 0 Å². The van der Waals surface area contributed by atoms with E-state index in [1.54, 1.807) is 30.3 Å². The number of hydrogen-bond acceptors (Lipinski definition) is 3. The highest BCUT2D eigenvalue weighted by Gasteiger charge is 2.21. The van der Waals surface area contributed by atoms with Gasteiger partial charge >= 0.3 is 0 Å². The summed E-state index contributed by atoms with van der Waals surface area (Å²) in [6, 6.07) is 15.8. The molecule has 2 N–H and O–H groups in total. The minimum atomic E-state index is -0.549. The molecule has 0 saturated carbocycles. The highest BCUT2D eigenvalue weighted by atomic mass is 16.2. The van der Waals surface area contributed by atoms with Gasteiger partial charge in [-0.05, 0) is 23.8 Å². The molecule has 104 valence electrons. The van der Waals surface area contributed by atoms with Crippen LogP contribution in [-0.2, 0) is 4.79 Å². The van der Waals surface area contributed by atoms with Gasteiger partial charge < -0.3 is 5.32 Å². The number of rotatable bonds is 2. The maximum atomic E-state index is 12.1. The SMILES string of the molecule is O=C(NC(=O)C1C=Cc2ccccc2N1)c1ccccc1. The Hall–Kier alpha value is -2.88. The number of anilines is 1. The van der Waals surface area contributed by atoms with Crippen LogP contribution in [0.5, 0.6) is 0 Å². The minimum Gasteiger partial charge on any atom is -0.370 e. The van der Waals surface area contributed by atoms with Gasteiger partial charge in [0.25, 0.3) is 11.8 Å². The number of benzene rings is 2. The second-order valence-corrected chi connectivity index (χ2v) is 4.75. The van der Waals surface area contributed by atoms with Gasteiger partial charge in [-0.1, -0.05) is 48.6 Å². The first-order chi connectivity index (χ1) is 10.2. The van der Waals surface area contributed by atoms with Crippen molar-refractivity contribution >= 4 is 23.6 Å². The summed E-state index contributed by atoms with van der Waals surface area (Å²) >= 11 is 0. The van der Waals surface area contributed by atoms with E-state index in [1.165, 1.54) is 0 Å². The van der Waals surface area contributed by atoms with Crippen LogP contribution in [0.15, 0.2) is 60.7 Å². The van der Waals surface area contributed by atoms with E-state index in [0.29, 0.717) is 5.56 Å². The molecule has 1 aliphatic rings. The van der Waals surface area contributed by atoms with Crippen LogP contribution in [-0.4, -0.2) is 17.9 Å². The molecule has 4 nitrogen and oxygen atoms in total. The molecule has 1 atom stereocenters. The number of carbonyl (C=O) groups excluding carboxylic acids is 2. The summed E-state index contributed by atoms with van der Waals surface area (Å²) in [7, 11) is 0. The number of amides is 2. The lowest BCUT2D eigenvalue weighted by molar-refractivity contribution is -0.119. The summed E-state index contributed by atoms with van der Waals surface area (Å²) in [5, 5.41) is 5.51. The third-order valence-corrected chi connectivity index (χ3v) is 3.30. The van der Waals surface area contributed by atoms with E-state index in [1.807, 2.05) is 36.4 Å². The van der Waals surface area contributed by atoms with Crippen LogP contribution < -0.4 is 10.6 Å². The van der Waals surface area contributed by atoms with Crippen molar-refractivity contribution in [2.24, 2.45) is 0 Å². The lowest BCUT2D eigenvalue weighted by atomic mass is 10.1. The Kier molecular flexibility index (Phi) is 3.51. The summed E-state index contributed by atoms with van der Waals surface area (Å²) in [4.78, 5) is 24.1. The molecule has 1 unspecified atom stereocenters. The molecule has 4 heteroatoms. The fourth-order valence-corrected chi connectivity index (χ4v) is 2.19. The number of imide groups is 1. The molecule has 0 fully saturated rings. The number of carbonyl (C=O) groups is 2. The third-order valence-electron chi connectivity index (χ3n) is 3.30. The molecule has 0 spiro atoms. The molecule has 2 aromatic carbocycles. The summed E-state index contributed by atoms with van der Waals surface area (Å²) in [6.07, 6.45) is 3.62. The Bertz CT molecular complexity index is 708. The van der Waals surface area contributed by atoms with Crippen molar-refractivity contribution in [3.63, 3.8) is 0 Å². The summed E-state index contributed by atoms with van der Waals surface area (Å²) in [5.74, 6) is -0.760. The smallest absolute Gasteiger partial charge is 0.257 e. The van der Waals surface area contributed by atoms with Crippen molar-refractivity contribution in [2.75, 3.05) is 5.32 Å². The van der Waals surface area contributed by atoms with Gasteiger partial charge in [0.1, 0.15) is 6.04 Å². The van der Waals surface area contributed by atoms with Crippen LogP contribution >= 0.6 is 0 Å². The van der Waals surface area contributed by atoms with Crippen LogP contribution in [0.3, 0.4) is 0 Å². The van der Waals surface area contributed by atoms with Gasteiger partial charge in [0.05, 0.1) is 0 Å². The topological polar surface area (TPSA) is 58.2 Å². The zero-order valence-electron chi connectivity index (χ0n) is 11.2. The van der Waals surface area contributed by atoms with Crippen LogP contribution in [0.2, 0.25) is 0 Å². The van der Waals surface area contributed by atoms with Crippen LogP contribution in [0.25, 0.3) is 6.08 Å². The van der Waals surface area contributed by atoms with Crippen molar-refractivity contribution in [3.8, 4) is 0 Å². The Balaban J connectivity index is 1.69. The minimum absolute atomic E-state index is 0.366. The standard InChI is InChI=1S/C17H14N2O2/c20-16(13-7-2-1-3-8-13)19-17(21)15-11-10-12-6-4-5-9-14(12)18-15/h1-11,15,18H,(H,19,20,21). The molecule has 1 heterocycles. The lowest BCUT2D eigenvalue weighted by Gasteiger charge is -2.21. The molecule has 0 radical (unpaired) electrons. The van der Waals surface area contributed by atoms with Gasteiger partial charge in [-0.3, -0.25) is 14.9 Å². The maximum absolute atomic E-state index is 12.1. The van der Waals surface area contributed by atoms with Gasteiger partial charge in [-0.15, -0.1) is 0 Å². The zero-order chi connectivity index (χ0) is 14.7. The van der Waals surface area contributed by atoms with E-state index >= 15 is 0 Å². The molecule has 2 amide bonds. The predicted octanol–water partition coefficient (Wildman–Crippen LogP) is 2.45. The molecule has 0 aliphatic carbocycles. The molecule has 3 rings (SSSR count). The van der Waals surface area contributed by atoms with E-state index in [9.17, 15) is 9.59 Å². The van der Waals surface area contributed by atoms with Crippen molar-refractivity contribution in [1.82, 2.24) is 5.32 Å². The third kappa shape index (κ3) is 2.84. The first kappa shape index (κ1) is 13.1. The highest BCUT2D eigenvalue weighted by molar-refractivity contribution is 6.07. The van der Waals surface area contributed by atoms with Gasteiger partial charge in [0.15, 0.2) is 0 Å². The Morgan fingerprint density at radius 3 is 2.48 bits per heavy atom. The van der Waals surface area contributed by atoms with Crippen LogP contribution in [0.4, 0.5) is 5.69 Å². The summed E-state index contributed by atoms with van der Waals surface area (Å²) in [6.45, 7) is 0. The molecule has 21 heavy (non-hydrogen) atoms. The van der Waals surface area contributed by atoms with E-state index in [2.05, 4.69) is 10.6 Å². The largest absolute Gasteiger partial charge is 0.370 e. The first-order valence-corrected chi connectivity index (χ1v) is 6.68. The summed E-state index contributed by atoms with van der Waals surface area (Å²) in [5.41, 5.74) is 2.37. The molecule has 0 bridgehead atoms. The van der Waals surface area contributed by atoms with E-state index in [4.69, 9.17) is 0 Å². The van der Waals surface area contributed by atoms with E-state index in [0.717, 1.165) is 11.3 Å². The normalized spacial score (nSPS) is 15.7. The van der Waals surface area contributed by atoms with Gasteiger partial charge in [0.2, 0.25) is 0 Å².